The number of rotatable bonds is 3. The number of pyridine rings is 3. The van der Waals surface area contributed by atoms with E-state index in [9.17, 15) is 0 Å². The second-order valence-corrected chi connectivity index (χ2v) is 5.50. The first-order valence-electron chi connectivity index (χ1n) is 7.87. The lowest BCUT2D eigenvalue weighted by atomic mass is 10.2. The van der Waals surface area contributed by atoms with E-state index >= 15 is 0 Å². The van der Waals surface area contributed by atoms with Crippen molar-refractivity contribution in [3.8, 4) is 0 Å². The average Bonchev–Trinajstić information content (AvgIpc) is 2.66. The first-order chi connectivity index (χ1) is 12.3. The molecule has 1 aromatic carbocycles. The molecule has 2 N–H and O–H groups in total. The minimum atomic E-state index is 0.360. The monoisotopic (exact) mass is 325 g/mol. The summed E-state index contributed by atoms with van der Waals surface area (Å²) < 4.78 is 0. The Hall–Kier alpha value is -3.60. The van der Waals surface area contributed by atoms with E-state index in [0.717, 1.165) is 27.5 Å². The molecule has 0 spiro atoms. The van der Waals surface area contributed by atoms with Crippen LogP contribution in [0.4, 0.5) is 5.82 Å². The van der Waals surface area contributed by atoms with Crippen LogP contribution in [0, 0.1) is 0 Å². The number of para-hydroxylation sites is 1. The van der Waals surface area contributed by atoms with E-state index in [-0.39, 0.29) is 0 Å². The Bertz CT molecular complexity index is 1110. The van der Waals surface area contributed by atoms with Gasteiger partial charge < -0.3 is 5.73 Å². The molecule has 0 fully saturated rings. The molecule has 0 saturated heterocycles. The summed E-state index contributed by atoms with van der Waals surface area (Å²) in [6, 6.07) is 17.6. The van der Waals surface area contributed by atoms with Gasteiger partial charge in [-0.25, -0.2) is 15.0 Å². The van der Waals surface area contributed by atoms with E-state index in [2.05, 4.69) is 19.9 Å². The summed E-state index contributed by atoms with van der Waals surface area (Å²) in [4.78, 5) is 17.6. The van der Waals surface area contributed by atoms with E-state index in [4.69, 9.17) is 5.73 Å². The van der Waals surface area contributed by atoms with E-state index in [0.29, 0.717) is 11.7 Å². The Labute approximate surface area is 144 Å². The van der Waals surface area contributed by atoms with Gasteiger partial charge in [0, 0.05) is 23.2 Å². The second-order valence-electron chi connectivity index (χ2n) is 5.50. The zero-order chi connectivity index (χ0) is 17.1. The van der Waals surface area contributed by atoms with E-state index in [1.54, 1.807) is 18.5 Å². The number of hydrogen-bond acceptors (Lipinski definition) is 4. The van der Waals surface area contributed by atoms with Gasteiger partial charge >= 0.3 is 0 Å². The summed E-state index contributed by atoms with van der Waals surface area (Å²) in [5.74, 6) is 0.915. The molecule has 0 saturated carbocycles. The van der Waals surface area contributed by atoms with Crippen molar-refractivity contribution < 1.29 is 0 Å². The van der Waals surface area contributed by atoms with Crippen LogP contribution in [0.3, 0.4) is 0 Å². The molecular weight excluding hydrogens is 310 g/mol. The average molecular weight is 325 g/mol. The molecule has 25 heavy (non-hydrogen) atoms. The van der Waals surface area contributed by atoms with Crippen molar-refractivity contribution in [3.63, 3.8) is 0 Å². The maximum Gasteiger partial charge on any atom is 0.163 e. The molecule has 5 heteroatoms. The number of nitrogens with two attached hydrogens (primary N) is 1. The fourth-order valence-electron chi connectivity index (χ4n) is 2.58. The molecule has 0 aliphatic rings. The zero-order valence-electron chi connectivity index (χ0n) is 13.4. The summed E-state index contributed by atoms with van der Waals surface area (Å²) in [7, 11) is 0. The van der Waals surface area contributed by atoms with Gasteiger partial charge in [-0.3, -0.25) is 4.98 Å². The third-order valence-electron chi connectivity index (χ3n) is 3.79. The zero-order valence-corrected chi connectivity index (χ0v) is 13.4. The molecule has 4 aromatic rings. The summed E-state index contributed by atoms with van der Waals surface area (Å²) in [5.41, 5.74) is 8.64. The first-order valence-corrected chi connectivity index (χ1v) is 7.87. The number of aromatic nitrogens is 3. The largest absolute Gasteiger partial charge is 0.384 e. The van der Waals surface area contributed by atoms with Crippen molar-refractivity contribution in [3.05, 3.63) is 78.8 Å². The van der Waals surface area contributed by atoms with Crippen LogP contribution >= 0.6 is 0 Å². The number of hydrogen-bond donors (Lipinski definition) is 1. The molecule has 3 heterocycles. The van der Waals surface area contributed by atoms with Crippen molar-refractivity contribution in [1.82, 2.24) is 15.0 Å². The quantitative estimate of drug-likeness (QED) is 0.458. The Kier molecular flexibility index (Phi) is 3.88. The van der Waals surface area contributed by atoms with Gasteiger partial charge in [0.15, 0.2) is 5.82 Å². The molecule has 0 aliphatic heterocycles. The number of benzene rings is 1. The highest BCUT2D eigenvalue weighted by Crippen LogP contribution is 2.21. The molecule has 0 amide bonds. The minimum absolute atomic E-state index is 0.360. The SMILES string of the molecule is NC(/C=C/c1ccc2ccccc2n1)=Nc1nccc2ncccc12. The molecule has 0 unspecified atom stereocenters. The summed E-state index contributed by atoms with van der Waals surface area (Å²) in [5, 5.41) is 1.97. The van der Waals surface area contributed by atoms with E-state index in [1.165, 1.54) is 0 Å². The molecule has 120 valence electrons. The van der Waals surface area contributed by atoms with Crippen LogP contribution in [0.2, 0.25) is 0 Å². The molecule has 3 aromatic heterocycles. The standard InChI is InChI=1S/C20H15N5/c21-19(25-20-16-5-3-12-22-18(16)11-13-23-20)10-9-15-8-7-14-4-1-2-6-17(14)24-15/h1-13H,(H2,21,23,25)/b10-9+. The molecule has 0 aliphatic carbocycles. The van der Waals surface area contributed by atoms with Crippen molar-refractivity contribution in [1.29, 1.82) is 0 Å². The summed E-state index contributed by atoms with van der Waals surface area (Å²) >= 11 is 0. The molecular formula is C20H15N5. The van der Waals surface area contributed by atoms with Crippen LogP contribution in [0.5, 0.6) is 0 Å². The van der Waals surface area contributed by atoms with Gasteiger partial charge in [-0.05, 0) is 42.5 Å². The molecule has 0 radical (unpaired) electrons. The highest BCUT2D eigenvalue weighted by atomic mass is 15.0. The Morgan fingerprint density at radius 2 is 1.80 bits per heavy atom. The van der Waals surface area contributed by atoms with Crippen molar-refractivity contribution in [2.75, 3.05) is 0 Å². The first kappa shape index (κ1) is 15.0. The van der Waals surface area contributed by atoms with E-state index in [1.807, 2.05) is 60.7 Å². The van der Waals surface area contributed by atoms with Gasteiger partial charge in [-0.1, -0.05) is 24.3 Å². The van der Waals surface area contributed by atoms with Crippen LogP contribution in [-0.2, 0) is 0 Å². The van der Waals surface area contributed by atoms with Crippen LogP contribution in [0.25, 0.3) is 27.9 Å². The van der Waals surface area contributed by atoms with Crippen molar-refractivity contribution >= 4 is 39.5 Å². The minimum Gasteiger partial charge on any atom is -0.384 e. The van der Waals surface area contributed by atoms with Gasteiger partial charge in [0.05, 0.1) is 16.7 Å². The third kappa shape index (κ3) is 3.21. The fraction of sp³-hybridized carbons (Fsp3) is 0. The van der Waals surface area contributed by atoms with Gasteiger partial charge in [0.2, 0.25) is 0 Å². The van der Waals surface area contributed by atoms with Gasteiger partial charge in [-0.15, -0.1) is 0 Å². The maximum atomic E-state index is 6.03. The molecule has 0 bridgehead atoms. The number of amidine groups is 1. The topological polar surface area (TPSA) is 77.0 Å². The van der Waals surface area contributed by atoms with E-state index < -0.39 is 0 Å². The second kappa shape index (κ2) is 6.49. The lowest BCUT2D eigenvalue weighted by Gasteiger charge is -2.01. The smallest absolute Gasteiger partial charge is 0.163 e. The highest BCUT2D eigenvalue weighted by molar-refractivity contribution is 5.99. The van der Waals surface area contributed by atoms with Crippen LogP contribution in [0.1, 0.15) is 5.69 Å². The maximum absolute atomic E-state index is 6.03. The van der Waals surface area contributed by atoms with Gasteiger partial charge in [-0.2, -0.15) is 0 Å². The summed E-state index contributed by atoms with van der Waals surface area (Å²) in [6.45, 7) is 0. The van der Waals surface area contributed by atoms with Crippen LogP contribution < -0.4 is 5.73 Å². The molecule has 5 nitrogen and oxygen atoms in total. The Morgan fingerprint density at radius 3 is 2.76 bits per heavy atom. The predicted molar refractivity (Wildman–Crippen MR) is 102 cm³/mol. The molecule has 0 atom stereocenters. The summed E-state index contributed by atoms with van der Waals surface area (Å²) in [6.07, 6.45) is 6.99. The van der Waals surface area contributed by atoms with Crippen molar-refractivity contribution in [2.24, 2.45) is 10.7 Å². The lowest BCUT2D eigenvalue weighted by molar-refractivity contribution is 1.28. The number of nitrogens with zero attached hydrogens (tertiary/aromatic N) is 4. The number of fused-ring (bicyclic) bond motifs is 2. The lowest BCUT2D eigenvalue weighted by Crippen LogP contribution is -2.07. The molecule has 4 rings (SSSR count). The van der Waals surface area contributed by atoms with Crippen molar-refractivity contribution in [2.45, 2.75) is 0 Å². The van der Waals surface area contributed by atoms with Gasteiger partial charge in [0.25, 0.3) is 0 Å². The number of aliphatic imine (C=N–C) groups is 1. The van der Waals surface area contributed by atoms with Gasteiger partial charge in [0.1, 0.15) is 5.84 Å². The van der Waals surface area contributed by atoms with Crippen LogP contribution in [-0.4, -0.2) is 20.8 Å². The third-order valence-corrected chi connectivity index (χ3v) is 3.79. The normalized spacial score (nSPS) is 12.2. The Morgan fingerprint density at radius 1 is 0.880 bits per heavy atom. The predicted octanol–water partition coefficient (Wildman–Crippen LogP) is 3.88. The fourth-order valence-corrected chi connectivity index (χ4v) is 2.58. The van der Waals surface area contributed by atoms with Crippen LogP contribution in [0.15, 0.2) is 78.1 Å². The Balaban J connectivity index is 1.64. The highest BCUT2D eigenvalue weighted by Gasteiger charge is 2.01.